The van der Waals surface area contributed by atoms with Crippen LogP contribution in [0.25, 0.3) is 11.4 Å². The first kappa shape index (κ1) is 12.9. The number of anilines is 1. The van der Waals surface area contributed by atoms with Gasteiger partial charge in [-0.1, -0.05) is 0 Å². The van der Waals surface area contributed by atoms with Crippen molar-refractivity contribution in [2.24, 2.45) is 0 Å². The van der Waals surface area contributed by atoms with Gasteiger partial charge in [-0.25, -0.2) is 9.97 Å². The zero-order valence-electron chi connectivity index (χ0n) is 11.5. The zero-order chi connectivity index (χ0) is 14.1. The van der Waals surface area contributed by atoms with E-state index in [0.717, 1.165) is 34.3 Å². The van der Waals surface area contributed by atoms with E-state index in [-0.39, 0.29) is 0 Å². The van der Waals surface area contributed by atoms with Crippen LogP contribution < -0.4 is 5.73 Å². The van der Waals surface area contributed by atoms with E-state index in [1.807, 2.05) is 43.6 Å². The lowest BCUT2D eigenvalue weighted by atomic mass is 10.2. The quantitative estimate of drug-likeness (QED) is 0.751. The summed E-state index contributed by atoms with van der Waals surface area (Å²) in [5, 5.41) is 1.11. The van der Waals surface area contributed by atoms with Crippen molar-refractivity contribution >= 4 is 17.0 Å². The van der Waals surface area contributed by atoms with Gasteiger partial charge in [-0.2, -0.15) is 0 Å². The summed E-state index contributed by atoms with van der Waals surface area (Å²) in [5.41, 5.74) is 8.66. The van der Waals surface area contributed by atoms with Gasteiger partial charge < -0.3 is 10.3 Å². The molecule has 0 aliphatic heterocycles. The van der Waals surface area contributed by atoms with Gasteiger partial charge in [0.05, 0.1) is 12.2 Å². The van der Waals surface area contributed by atoms with Crippen molar-refractivity contribution in [2.45, 2.75) is 20.4 Å². The van der Waals surface area contributed by atoms with E-state index < -0.39 is 0 Å². The molecule has 0 fully saturated rings. The van der Waals surface area contributed by atoms with Crippen molar-refractivity contribution in [3.63, 3.8) is 0 Å². The Morgan fingerprint density at radius 1 is 1.20 bits per heavy atom. The normalized spacial score (nSPS) is 10.9. The van der Waals surface area contributed by atoms with Crippen LogP contribution in [-0.4, -0.2) is 14.5 Å². The summed E-state index contributed by atoms with van der Waals surface area (Å²) in [4.78, 5) is 10.3. The first-order chi connectivity index (χ1) is 9.63. The van der Waals surface area contributed by atoms with Gasteiger partial charge in [0.15, 0.2) is 0 Å². The molecule has 2 aromatic heterocycles. The lowest BCUT2D eigenvalue weighted by molar-refractivity contribution is 0.797. The number of rotatable bonds is 3. The van der Waals surface area contributed by atoms with Crippen molar-refractivity contribution in [1.29, 1.82) is 0 Å². The molecule has 3 rings (SSSR count). The molecule has 0 atom stereocenters. The number of hydrogen-bond acceptors (Lipinski definition) is 4. The molecular formula is C15H16N4S. The first-order valence-corrected chi connectivity index (χ1v) is 7.25. The molecule has 0 spiro atoms. The Morgan fingerprint density at radius 2 is 1.95 bits per heavy atom. The summed E-state index contributed by atoms with van der Waals surface area (Å²) in [6.45, 7) is 4.90. The van der Waals surface area contributed by atoms with Gasteiger partial charge in [-0.05, 0) is 38.1 Å². The van der Waals surface area contributed by atoms with E-state index in [0.29, 0.717) is 0 Å². The summed E-state index contributed by atoms with van der Waals surface area (Å²) in [7, 11) is 0. The Hall–Kier alpha value is -2.14. The number of nitrogen functional groups attached to an aromatic ring is 1. The Morgan fingerprint density at radius 3 is 2.60 bits per heavy atom. The Labute approximate surface area is 121 Å². The number of imidazole rings is 1. The monoisotopic (exact) mass is 284 g/mol. The lowest BCUT2D eigenvalue weighted by Crippen LogP contribution is -2.01. The van der Waals surface area contributed by atoms with Crippen molar-refractivity contribution in [1.82, 2.24) is 14.5 Å². The fraction of sp³-hybridized carbons (Fsp3) is 0.200. The minimum absolute atomic E-state index is 0.749. The molecule has 0 saturated carbocycles. The van der Waals surface area contributed by atoms with Gasteiger partial charge in [0.2, 0.25) is 0 Å². The molecule has 2 heterocycles. The van der Waals surface area contributed by atoms with Gasteiger partial charge in [0.1, 0.15) is 10.8 Å². The zero-order valence-corrected chi connectivity index (χ0v) is 12.3. The predicted molar refractivity (Wildman–Crippen MR) is 82.8 cm³/mol. The highest BCUT2D eigenvalue weighted by molar-refractivity contribution is 7.11. The minimum atomic E-state index is 0.749. The molecule has 0 saturated heterocycles. The summed E-state index contributed by atoms with van der Waals surface area (Å²) in [6.07, 6.45) is 3.80. The Balaban J connectivity index is 1.92. The molecule has 5 heteroatoms. The fourth-order valence-corrected chi connectivity index (χ4v) is 3.01. The molecule has 2 N–H and O–H groups in total. The van der Waals surface area contributed by atoms with Crippen LogP contribution in [0.4, 0.5) is 5.69 Å². The molecule has 0 unspecified atom stereocenters. The molecule has 0 radical (unpaired) electrons. The summed E-state index contributed by atoms with van der Waals surface area (Å²) in [6, 6.07) is 7.77. The summed E-state index contributed by atoms with van der Waals surface area (Å²) in [5.74, 6) is 0.940. The standard InChI is InChI=1S/C15H16N4S/c1-10-11(2)20-14(18-10)9-19-8-7-17-15(19)12-3-5-13(16)6-4-12/h3-8H,9,16H2,1-2H3. The minimum Gasteiger partial charge on any atom is -0.399 e. The number of hydrogen-bond donors (Lipinski definition) is 1. The molecule has 1 aromatic carbocycles. The largest absolute Gasteiger partial charge is 0.399 e. The van der Waals surface area contributed by atoms with E-state index in [2.05, 4.69) is 21.5 Å². The smallest absolute Gasteiger partial charge is 0.140 e. The number of benzene rings is 1. The maximum atomic E-state index is 5.73. The lowest BCUT2D eigenvalue weighted by Gasteiger charge is -2.06. The van der Waals surface area contributed by atoms with Crippen molar-refractivity contribution in [3.8, 4) is 11.4 Å². The third kappa shape index (κ3) is 2.44. The van der Waals surface area contributed by atoms with Crippen LogP contribution in [0.15, 0.2) is 36.7 Å². The van der Waals surface area contributed by atoms with E-state index in [1.165, 1.54) is 4.88 Å². The third-order valence-corrected chi connectivity index (χ3v) is 4.32. The highest BCUT2D eigenvalue weighted by Gasteiger charge is 2.09. The Bertz CT molecular complexity index is 705. The van der Waals surface area contributed by atoms with Gasteiger partial charge in [0, 0.05) is 28.5 Å². The average Bonchev–Trinajstić information content (AvgIpc) is 2.99. The molecule has 102 valence electrons. The van der Waals surface area contributed by atoms with Crippen LogP contribution in [0.2, 0.25) is 0 Å². The van der Waals surface area contributed by atoms with E-state index in [9.17, 15) is 0 Å². The number of aromatic nitrogens is 3. The van der Waals surface area contributed by atoms with Gasteiger partial charge >= 0.3 is 0 Å². The maximum absolute atomic E-state index is 5.73. The topological polar surface area (TPSA) is 56.7 Å². The molecule has 0 amide bonds. The van der Waals surface area contributed by atoms with Crippen LogP contribution in [0.5, 0.6) is 0 Å². The predicted octanol–water partition coefficient (Wildman–Crippen LogP) is 3.25. The highest BCUT2D eigenvalue weighted by Crippen LogP contribution is 2.22. The molecule has 3 aromatic rings. The second-order valence-corrected chi connectivity index (χ2v) is 6.04. The van der Waals surface area contributed by atoms with Crippen LogP contribution in [-0.2, 0) is 6.54 Å². The maximum Gasteiger partial charge on any atom is 0.140 e. The van der Waals surface area contributed by atoms with Crippen molar-refractivity contribution < 1.29 is 0 Å². The summed E-state index contributed by atoms with van der Waals surface area (Å²) < 4.78 is 2.11. The van der Waals surface area contributed by atoms with Crippen LogP contribution in [0.3, 0.4) is 0 Å². The Kier molecular flexibility index (Phi) is 3.28. The summed E-state index contributed by atoms with van der Waals surface area (Å²) >= 11 is 1.74. The second-order valence-electron chi connectivity index (χ2n) is 4.75. The molecule has 4 nitrogen and oxygen atoms in total. The number of nitrogens with zero attached hydrogens (tertiary/aromatic N) is 3. The van der Waals surface area contributed by atoms with E-state index in [1.54, 1.807) is 11.3 Å². The van der Waals surface area contributed by atoms with Gasteiger partial charge in [-0.3, -0.25) is 0 Å². The fourth-order valence-electron chi connectivity index (χ4n) is 2.08. The van der Waals surface area contributed by atoms with Crippen molar-refractivity contribution in [3.05, 3.63) is 52.2 Å². The second kappa shape index (κ2) is 5.09. The number of thiazole rings is 1. The molecule has 0 aliphatic rings. The molecule has 20 heavy (non-hydrogen) atoms. The molecule has 0 aliphatic carbocycles. The number of aryl methyl sites for hydroxylation is 2. The van der Waals surface area contributed by atoms with E-state index >= 15 is 0 Å². The van der Waals surface area contributed by atoms with Crippen LogP contribution in [0.1, 0.15) is 15.6 Å². The van der Waals surface area contributed by atoms with E-state index in [4.69, 9.17) is 5.73 Å². The van der Waals surface area contributed by atoms with Gasteiger partial charge in [0.25, 0.3) is 0 Å². The third-order valence-electron chi connectivity index (χ3n) is 3.26. The van der Waals surface area contributed by atoms with Crippen LogP contribution >= 0.6 is 11.3 Å². The highest BCUT2D eigenvalue weighted by atomic mass is 32.1. The molecule has 0 bridgehead atoms. The molecular weight excluding hydrogens is 268 g/mol. The average molecular weight is 284 g/mol. The number of nitrogens with two attached hydrogens (primary N) is 1. The van der Waals surface area contributed by atoms with Crippen molar-refractivity contribution in [2.75, 3.05) is 5.73 Å². The first-order valence-electron chi connectivity index (χ1n) is 6.43. The van der Waals surface area contributed by atoms with Crippen LogP contribution in [0, 0.1) is 13.8 Å². The SMILES string of the molecule is Cc1nc(Cn2ccnc2-c2ccc(N)cc2)sc1C. The van der Waals surface area contributed by atoms with Gasteiger partial charge in [-0.15, -0.1) is 11.3 Å².